The first-order valence-electron chi connectivity index (χ1n) is 4.70. The third-order valence-electron chi connectivity index (χ3n) is 2.23. The van der Waals surface area contributed by atoms with Crippen LogP contribution in [0.15, 0.2) is 41.3 Å². The van der Waals surface area contributed by atoms with Crippen LogP contribution in [0.1, 0.15) is 5.69 Å². The highest BCUT2D eigenvalue weighted by molar-refractivity contribution is 9.10. The van der Waals surface area contributed by atoms with Crippen LogP contribution < -0.4 is 5.32 Å². The van der Waals surface area contributed by atoms with Crippen LogP contribution in [0.4, 0.5) is 5.69 Å². The van der Waals surface area contributed by atoms with Gasteiger partial charge in [-0.25, -0.2) is 4.98 Å². The number of nitrogens with zero attached hydrogens (tertiary/aromatic N) is 2. The summed E-state index contributed by atoms with van der Waals surface area (Å²) in [5.41, 5.74) is 2.28. The van der Waals surface area contributed by atoms with Crippen molar-refractivity contribution in [1.82, 2.24) is 9.55 Å². The minimum atomic E-state index is 0.790. The van der Waals surface area contributed by atoms with E-state index in [0.717, 1.165) is 22.4 Å². The SMILES string of the molecule is Cn1cncc1CNc1ccc(Br)cc1. The number of aryl methyl sites for hydroxylation is 1. The summed E-state index contributed by atoms with van der Waals surface area (Å²) in [5, 5.41) is 3.33. The lowest BCUT2D eigenvalue weighted by Crippen LogP contribution is -2.03. The first kappa shape index (κ1) is 10.2. The quantitative estimate of drug-likeness (QED) is 0.925. The Labute approximate surface area is 97.3 Å². The number of rotatable bonds is 3. The molecule has 0 unspecified atom stereocenters. The minimum absolute atomic E-state index is 0.790. The van der Waals surface area contributed by atoms with E-state index >= 15 is 0 Å². The van der Waals surface area contributed by atoms with Gasteiger partial charge in [-0.05, 0) is 24.3 Å². The van der Waals surface area contributed by atoms with Crippen molar-refractivity contribution in [3.05, 3.63) is 47.0 Å². The highest BCUT2D eigenvalue weighted by Gasteiger charge is 1.97. The Balaban J connectivity index is 1.99. The second-order valence-electron chi connectivity index (χ2n) is 3.36. The van der Waals surface area contributed by atoms with Crippen LogP contribution in [0.3, 0.4) is 0 Å². The maximum absolute atomic E-state index is 4.06. The summed E-state index contributed by atoms with van der Waals surface area (Å²) in [7, 11) is 1.99. The van der Waals surface area contributed by atoms with E-state index in [9.17, 15) is 0 Å². The van der Waals surface area contributed by atoms with Crippen LogP contribution in [0, 0.1) is 0 Å². The zero-order valence-corrected chi connectivity index (χ0v) is 10.0. The second-order valence-corrected chi connectivity index (χ2v) is 4.27. The molecular formula is C11H12BrN3. The smallest absolute Gasteiger partial charge is 0.0946 e. The predicted molar refractivity (Wildman–Crippen MR) is 64.7 cm³/mol. The molecule has 0 bridgehead atoms. The summed E-state index contributed by atoms with van der Waals surface area (Å²) in [4.78, 5) is 4.06. The molecule has 0 spiro atoms. The Morgan fingerprint density at radius 1 is 1.33 bits per heavy atom. The summed E-state index contributed by atoms with van der Waals surface area (Å²) in [6, 6.07) is 8.12. The molecule has 3 nitrogen and oxygen atoms in total. The Kier molecular flexibility index (Phi) is 3.06. The molecule has 1 aromatic heterocycles. The molecule has 0 atom stereocenters. The van der Waals surface area contributed by atoms with Gasteiger partial charge in [-0.2, -0.15) is 0 Å². The number of nitrogens with one attached hydrogen (secondary N) is 1. The van der Waals surface area contributed by atoms with E-state index in [0.29, 0.717) is 0 Å². The molecule has 0 aliphatic carbocycles. The van der Waals surface area contributed by atoms with Crippen LogP contribution in [0.5, 0.6) is 0 Å². The fourth-order valence-electron chi connectivity index (χ4n) is 1.32. The first-order chi connectivity index (χ1) is 7.25. The van der Waals surface area contributed by atoms with E-state index in [2.05, 4.69) is 26.2 Å². The van der Waals surface area contributed by atoms with Crippen molar-refractivity contribution in [2.24, 2.45) is 7.05 Å². The fourth-order valence-corrected chi connectivity index (χ4v) is 1.58. The minimum Gasteiger partial charge on any atom is -0.379 e. The van der Waals surface area contributed by atoms with Crippen molar-refractivity contribution in [2.75, 3.05) is 5.32 Å². The summed E-state index contributed by atoms with van der Waals surface area (Å²) in [5.74, 6) is 0. The van der Waals surface area contributed by atoms with Gasteiger partial charge in [0.2, 0.25) is 0 Å². The molecule has 0 amide bonds. The van der Waals surface area contributed by atoms with Gasteiger partial charge in [-0.3, -0.25) is 0 Å². The number of aromatic nitrogens is 2. The molecule has 1 aromatic carbocycles. The largest absolute Gasteiger partial charge is 0.379 e. The molecule has 4 heteroatoms. The Hall–Kier alpha value is -1.29. The zero-order valence-electron chi connectivity index (χ0n) is 8.44. The van der Waals surface area contributed by atoms with Gasteiger partial charge < -0.3 is 9.88 Å². The van der Waals surface area contributed by atoms with Crippen molar-refractivity contribution in [3.8, 4) is 0 Å². The maximum Gasteiger partial charge on any atom is 0.0946 e. The van der Waals surface area contributed by atoms with Crippen molar-refractivity contribution < 1.29 is 0 Å². The number of halogens is 1. The van der Waals surface area contributed by atoms with Crippen LogP contribution in [-0.2, 0) is 13.6 Å². The van der Waals surface area contributed by atoms with Crippen molar-refractivity contribution in [2.45, 2.75) is 6.54 Å². The average molecular weight is 266 g/mol. The molecular weight excluding hydrogens is 254 g/mol. The molecule has 0 saturated carbocycles. The van der Waals surface area contributed by atoms with E-state index in [1.54, 1.807) is 6.33 Å². The molecule has 15 heavy (non-hydrogen) atoms. The lowest BCUT2D eigenvalue weighted by molar-refractivity contribution is 0.837. The number of benzene rings is 1. The van der Waals surface area contributed by atoms with E-state index in [1.165, 1.54) is 0 Å². The van der Waals surface area contributed by atoms with E-state index < -0.39 is 0 Å². The van der Waals surface area contributed by atoms with Crippen LogP contribution >= 0.6 is 15.9 Å². The van der Waals surface area contributed by atoms with E-state index in [1.807, 2.05) is 42.1 Å². The van der Waals surface area contributed by atoms with E-state index in [-0.39, 0.29) is 0 Å². The molecule has 0 fully saturated rings. The monoisotopic (exact) mass is 265 g/mol. The van der Waals surface area contributed by atoms with Crippen molar-refractivity contribution >= 4 is 21.6 Å². The molecule has 0 saturated heterocycles. The number of anilines is 1. The van der Waals surface area contributed by atoms with Gasteiger partial charge in [0, 0.05) is 23.4 Å². The molecule has 1 N–H and O–H groups in total. The highest BCUT2D eigenvalue weighted by Crippen LogP contribution is 2.14. The third-order valence-corrected chi connectivity index (χ3v) is 2.76. The van der Waals surface area contributed by atoms with Gasteiger partial charge in [-0.1, -0.05) is 15.9 Å². The summed E-state index contributed by atoms with van der Waals surface area (Å²) in [6.07, 6.45) is 3.67. The van der Waals surface area contributed by atoms with E-state index in [4.69, 9.17) is 0 Å². The Morgan fingerprint density at radius 3 is 2.67 bits per heavy atom. The van der Waals surface area contributed by atoms with Gasteiger partial charge in [0.1, 0.15) is 0 Å². The maximum atomic E-state index is 4.06. The van der Waals surface area contributed by atoms with Gasteiger partial charge >= 0.3 is 0 Å². The van der Waals surface area contributed by atoms with Crippen LogP contribution in [0.2, 0.25) is 0 Å². The normalized spacial score (nSPS) is 10.3. The summed E-state index contributed by atoms with van der Waals surface area (Å²) < 4.78 is 3.10. The predicted octanol–water partition coefficient (Wildman–Crippen LogP) is 2.79. The second kappa shape index (κ2) is 4.49. The number of hydrogen-bond donors (Lipinski definition) is 1. The average Bonchev–Trinajstić information content (AvgIpc) is 2.63. The lowest BCUT2D eigenvalue weighted by atomic mass is 10.3. The third kappa shape index (κ3) is 2.59. The highest BCUT2D eigenvalue weighted by atomic mass is 79.9. The Bertz CT molecular complexity index is 433. The van der Waals surface area contributed by atoms with Gasteiger partial charge in [0.15, 0.2) is 0 Å². The first-order valence-corrected chi connectivity index (χ1v) is 5.49. The number of hydrogen-bond acceptors (Lipinski definition) is 2. The van der Waals surface area contributed by atoms with Crippen LogP contribution in [0.25, 0.3) is 0 Å². The van der Waals surface area contributed by atoms with Gasteiger partial charge in [0.25, 0.3) is 0 Å². The molecule has 2 aromatic rings. The molecule has 0 radical (unpaired) electrons. The molecule has 78 valence electrons. The number of imidazole rings is 1. The lowest BCUT2D eigenvalue weighted by Gasteiger charge is -2.06. The molecule has 2 rings (SSSR count). The summed E-state index contributed by atoms with van der Waals surface area (Å²) in [6.45, 7) is 0.790. The van der Waals surface area contributed by atoms with Crippen LogP contribution in [-0.4, -0.2) is 9.55 Å². The van der Waals surface area contributed by atoms with Crippen molar-refractivity contribution in [3.63, 3.8) is 0 Å². The summed E-state index contributed by atoms with van der Waals surface area (Å²) >= 11 is 3.40. The molecule has 0 aliphatic rings. The van der Waals surface area contributed by atoms with Gasteiger partial charge in [-0.15, -0.1) is 0 Å². The Morgan fingerprint density at radius 2 is 2.07 bits per heavy atom. The molecule has 0 aliphatic heterocycles. The topological polar surface area (TPSA) is 29.9 Å². The van der Waals surface area contributed by atoms with Crippen molar-refractivity contribution in [1.29, 1.82) is 0 Å². The standard InChI is InChI=1S/C11H12BrN3/c1-15-8-13-6-11(15)7-14-10-4-2-9(12)3-5-10/h2-6,8,14H,7H2,1H3. The zero-order chi connectivity index (χ0) is 10.7. The fraction of sp³-hybridized carbons (Fsp3) is 0.182. The molecule has 1 heterocycles. The van der Waals surface area contributed by atoms with Gasteiger partial charge in [0.05, 0.1) is 18.6 Å².